The van der Waals surface area contributed by atoms with E-state index in [2.05, 4.69) is 5.10 Å². The zero-order valence-electron chi connectivity index (χ0n) is 10.1. The van der Waals surface area contributed by atoms with Gasteiger partial charge in [0.15, 0.2) is 0 Å². The molecule has 20 heavy (non-hydrogen) atoms. The summed E-state index contributed by atoms with van der Waals surface area (Å²) in [6.07, 6.45) is 2.79. The third-order valence-corrected chi connectivity index (χ3v) is 4.00. The minimum absolute atomic E-state index is 0.0323. The Bertz CT molecular complexity index is 742. The van der Waals surface area contributed by atoms with Crippen molar-refractivity contribution in [2.45, 2.75) is 17.9 Å². The van der Waals surface area contributed by atoms with E-state index < -0.39 is 14.0 Å². The van der Waals surface area contributed by atoms with Gasteiger partial charge in [-0.25, -0.2) is 8.42 Å². The molecule has 0 bridgehead atoms. The Kier molecular flexibility index (Phi) is 4.05. The van der Waals surface area contributed by atoms with Crippen LogP contribution in [-0.2, 0) is 22.0 Å². The van der Waals surface area contributed by atoms with E-state index in [0.717, 1.165) is 6.20 Å². The molecule has 0 aliphatic heterocycles. The van der Waals surface area contributed by atoms with E-state index in [4.69, 9.17) is 10.7 Å². The first-order chi connectivity index (χ1) is 9.38. The number of nitro benzene ring substituents is 1. The third kappa shape index (κ3) is 3.34. The second kappa shape index (κ2) is 5.59. The van der Waals surface area contributed by atoms with Gasteiger partial charge < -0.3 is 0 Å². The molecule has 2 rings (SSSR count). The normalized spacial score (nSPS) is 11.4. The summed E-state index contributed by atoms with van der Waals surface area (Å²) in [6, 6.07) is 6.38. The molecule has 1 heterocycles. The maximum Gasteiger partial charge on any atom is 0.272 e. The highest BCUT2D eigenvalue weighted by Gasteiger charge is 2.14. The molecule has 0 amide bonds. The summed E-state index contributed by atoms with van der Waals surface area (Å²) in [4.78, 5) is 10.3. The van der Waals surface area contributed by atoms with Gasteiger partial charge in [0.2, 0.25) is 0 Å². The Labute approximate surface area is 119 Å². The minimum atomic E-state index is -3.81. The number of nitrogens with zero attached hydrogens (tertiary/aromatic N) is 3. The van der Waals surface area contributed by atoms with E-state index in [1.54, 1.807) is 18.2 Å². The summed E-state index contributed by atoms with van der Waals surface area (Å²) in [5.74, 6) is 0. The zero-order valence-corrected chi connectivity index (χ0v) is 11.7. The number of hydrogen-bond acceptors (Lipinski definition) is 5. The fourth-order valence-electron chi connectivity index (χ4n) is 1.73. The minimum Gasteiger partial charge on any atom is -0.271 e. The number of aromatic nitrogens is 2. The molecule has 1 aromatic heterocycles. The average Bonchev–Trinajstić information content (AvgIpc) is 2.85. The molecule has 2 aromatic rings. The first-order valence-electron chi connectivity index (χ1n) is 5.57. The molecule has 7 nitrogen and oxygen atoms in total. The molecule has 0 N–H and O–H groups in total. The second-order valence-corrected chi connectivity index (χ2v) is 6.58. The SMILES string of the molecule is O=[N+]([O-])c1ccccc1CCn1cc(S(=O)(=O)Cl)cn1. The van der Waals surface area contributed by atoms with Crippen LogP contribution in [0.1, 0.15) is 5.56 Å². The van der Waals surface area contributed by atoms with E-state index in [9.17, 15) is 18.5 Å². The van der Waals surface area contributed by atoms with Gasteiger partial charge >= 0.3 is 0 Å². The monoisotopic (exact) mass is 315 g/mol. The largest absolute Gasteiger partial charge is 0.272 e. The molecule has 0 fully saturated rings. The quantitative estimate of drug-likeness (QED) is 0.477. The molecule has 0 spiro atoms. The molecule has 0 aliphatic carbocycles. The number of rotatable bonds is 5. The van der Waals surface area contributed by atoms with E-state index in [1.807, 2.05) is 0 Å². The fraction of sp³-hybridized carbons (Fsp3) is 0.182. The Morgan fingerprint density at radius 2 is 2.05 bits per heavy atom. The molecule has 0 unspecified atom stereocenters. The summed E-state index contributed by atoms with van der Waals surface area (Å²) in [5.41, 5.74) is 0.591. The van der Waals surface area contributed by atoms with E-state index >= 15 is 0 Å². The lowest BCUT2D eigenvalue weighted by Gasteiger charge is -2.03. The first kappa shape index (κ1) is 14.5. The maximum absolute atomic E-state index is 11.1. The van der Waals surface area contributed by atoms with Crippen LogP contribution in [0.15, 0.2) is 41.6 Å². The summed E-state index contributed by atoms with van der Waals surface area (Å²) in [5, 5.41) is 14.7. The van der Waals surface area contributed by atoms with Gasteiger partial charge in [0.05, 0.1) is 11.1 Å². The van der Waals surface area contributed by atoms with Crippen LogP contribution in [0.5, 0.6) is 0 Å². The van der Waals surface area contributed by atoms with Crippen LogP contribution < -0.4 is 0 Å². The number of halogens is 1. The lowest BCUT2D eigenvalue weighted by molar-refractivity contribution is -0.385. The van der Waals surface area contributed by atoms with Crippen LogP contribution in [0.3, 0.4) is 0 Å². The lowest BCUT2D eigenvalue weighted by atomic mass is 10.1. The average molecular weight is 316 g/mol. The van der Waals surface area contributed by atoms with Gasteiger partial charge in [-0.2, -0.15) is 5.10 Å². The van der Waals surface area contributed by atoms with Crippen molar-refractivity contribution in [1.29, 1.82) is 0 Å². The van der Waals surface area contributed by atoms with E-state index in [1.165, 1.54) is 16.9 Å². The van der Waals surface area contributed by atoms with Crippen molar-refractivity contribution >= 4 is 25.4 Å². The van der Waals surface area contributed by atoms with Crippen molar-refractivity contribution in [3.63, 3.8) is 0 Å². The van der Waals surface area contributed by atoms with Crippen molar-refractivity contribution in [3.05, 3.63) is 52.3 Å². The number of para-hydroxylation sites is 1. The van der Waals surface area contributed by atoms with Gasteiger partial charge in [-0.15, -0.1) is 0 Å². The van der Waals surface area contributed by atoms with E-state index in [0.29, 0.717) is 18.5 Å². The molecular formula is C11H10ClN3O4S. The van der Waals surface area contributed by atoms with Crippen LogP contribution in [0.2, 0.25) is 0 Å². The summed E-state index contributed by atoms with van der Waals surface area (Å²) < 4.78 is 23.6. The van der Waals surface area contributed by atoms with Crippen LogP contribution in [-0.4, -0.2) is 23.1 Å². The third-order valence-electron chi connectivity index (χ3n) is 2.69. The smallest absolute Gasteiger partial charge is 0.271 e. The number of hydrogen-bond donors (Lipinski definition) is 0. The highest BCUT2D eigenvalue weighted by molar-refractivity contribution is 8.13. The lowest BCUT2D eigenvalue weighted by Crippen LogP contribution is -2.04. The molecule has 0 aliphatic rings. The standard InChI is InChI=1S/C11H10ClN3O4S/c12-20(18,19)10-7-13-14(8-10)6-5-9-3-1-2-4-11(9)15(16)17/h1-4,7-8H,5-6H2. The van der Waals surface area contributed by atoms with Gasteiger partial charge in [0.1, 0.15) is 4.90 Å². The van der Waals surface area contributed by atoms with Crippen molar-refractivity contribution in [1.82, 2.24) is 9.78 Å². The summed E-state index contributed by atoms with van der Waals surface area (Å²) in [7, 11) is 1.38. The Morgan fingerprint density at radius 1 is 1.35 bits per heavy atom. The predicted octanol–water partition coefficient (Wildman–Crippen LogP) is 1.96. The molecule has 0 radical (unpaired) electrons. The van der Waals surface area contributed by atoms with Crippen LogP contribution in [0.25, 0.3) is 0 Å². The first-order valence-corrected chi connectivity index (χ1v) is 7.88. The topological polar surface area (TPSA) is 95.1 Å². The fourth-order valence-corrected chi connectivity index (χ4v) is 2.39. The predicted molar refractivity (Wildman–Crippen MR) is 72.1 cm³/mol. The highest BCUT2D eigenvalue weighted by atomic mass is 35.7. The Balaban J connectivity index is 2.14. The van der Waals surface area contributed by atoms with Gasteiger partial charge in [0.25, 0.3) is 14.7 Å². The Morgan fingerprint density at radius 3 is 2.65 bits per heavy atom. The second-order valence-electron chi connectivity index (χ2n) is 4.01. The van der Waals surface area contributed by atoms with Gasteiger partial charge in [-0.1, -0.05) is 18.2 Å². The van der Waals surface area contributed by atoms with Crippen molar-refractivity contribution < 1.29 is 13.3 Å². The highest BCUT2D eigenvalue weighted by Crippen LogP contribution is 2.19. The van der Waals surface area contributed by atoms with Gasteiger partial charge in [-0.05, 0) is 6.42 Å². The van der Waals surface area contributed by atoms with Crippen molar-refractivity contribution in [3.8, 4) is 0 Å². The van der Waals surface area contributed by atoms with Crippen LogP contribution in [0, 0.1) is 10.1 Å². The van der Waals surface area contributed by atoms with Crippen molar-refractivity contribution in [2.24, 2.45) is 0 Å². The Hall–Kier alpha value is -1.93. The molecule has 9 heteroatoms. The molecular weight excluding hydrogens is 306 g/mol. The molecule has 106 valence electrons. The van der Waals surface area contributed by atoms with Crippen LogP contribution in [0.4, 0.5) is 5.69 Å². The number of nitro groups is 1. The maximum atomic E-state index is 11.1. The summed E-state index contributed by atoms with van der Waals surface area (Å²) in [6.45, 7) is 0.317. The van der Waals surface area contributed by atoms with E-state index in [-0.39, 0.29) is 10.6 Å². The zero-order chi connectivity index (χ0) is 14.8. The molecule has 0 atom stereocenters. The van der Waals surface area contributed by atoms with Crippen LogP contribution >= 0.6 is 10.7 Å². The summed E-state index contributed by atoms with van der Waals surface area (Å²) >= 11 is 0. The molecule has 1 aromatic carbocycles. The van der Waals surface area contributed by atoms with Crippen molar-refractivity contribution in [2.75, 3.05) is 0 Å². The number of benzene rings is 1. The van der Waals surface area contributed by atoms with Gasteiger partial charge in [-0.3, -0.25) is 14.8 Å². The molecule has 0 saturated carbocycles. The molecule has 0 saturated heterocycles. The number of aryl methyl sites for hydroxylation is 2. The van der Waals surface area contributed by atoms with Gasteiger partial charge in [0, 0.05) is 35.1 Å².